The Morgan fingerprint density at radius 1 is 1.41 bits per heavy atom. The molecule has 1 atom stereocenters. The summed E-state index contributed by atoms with van der Waals surface area (Å²) in [6.07, 6.45) is 0.191. The van der Waals surface area contributed by atoms with Gasteiger partial charge in [-0.05, 0) is 23.7 Å². The van der Waals surface area contributed by atoms with Crippen molar-refractivity contribution in [3.05, 3.63) is 23.8 Å². The highest BCUT2D eigenvalue weighted by Gasteiger charge is 2.42. The van der Waals surface area contributed by atoms with E-state index in [1.165, 1.54) is 0 Å². The second-order valence-electron chi connectivity index (χ2n) is 4.10. The normalized spacial score (nSPS) is 21.3. The summed E-state index contributed by atoms with van der Waals surface area (Å²) in [6, 6.07) is 3.08. The van der Waals surface area contributed by atoms with Crippen molar-refractivity contribution in [1.29, 1.82) is 0 Å². The van der Waals surface area contributed by atoms with Crippen LogP contribution in [-0.2, 0) is 18.5 Å². The molecule has 2 rings (SSSR count). The number of rotatable bonds is 5. The predicted octanol–water partition coefficient (Wildman–Crippen LogP) is 2.69. The molecule has 0 aliphatic carbocycles. The SMILES string of the molecule is O=C(OC1(Cl)CCO1)c1cccc(OC(F)F)c1S(=O)(=O)Cl. The van der Waals surface area contributed by atoms with Crippen LogP contribution in [0.4, 0.5) is 8.78 Å². The van der Waals surface area contributed by atoms with Crippen LogP contribution in [-0.4, -0.2) is 32.9 Å². The molecule has 1 aliphatic heterocycles. The molecule has 1 unspecified atom stereocenters. The van der Waals surface area contributed by atoms with E-state index in [1.54, 1.807) is 0 Å². The Hall–Kier alpha value is -1.16. The number of halogens is 4. The van der Waals surface area contributed by atoms with Crippen LogP contribution in [0.3, 0.4) is 0 Å². The molecular formula is C11H8Cl2F2O6S. The van der Waals surface area contributed by atoms with Crippen LogP contribution in [0.15, 0.2) is 23.1 Å². The Balaban J connectivity index is 2.44. The van der Waals surface area contributed by atoms with E-state index in [1.807, 2.05) is 0 Å². The van der Waals surface area contributed by atoms with Crippen LogP contribution in [0.1, 0.15) is 16.8 Å². The van der Waals surface area contributed by atoms with Gasteiger partial charge in [0.2, 0.25) is 0 Å². The van der Waals surface area contributed by atoms with Gasteiger partial charge in [-0.3, -0.25) is 0 Å². The molecule has 1 fully saturated rings. The standard InChI is InChI=1S/C11H8Cl2F2O6S/c12-11(4-5-19-11)21-9(16)6-2-1-3-7(20-10(14)15)8(6)22(13,17)18/h1-3,10H,4-5H2. The highest BCUT2D eigenvalue weighted by molar-refractivity contribution is 8.13. The molecule has 1 aromatic rings. The maximum absolute atomic E-state index is 12.3. The lowest BCUT2D eigenvalue weighted by Gasteiger charge is -2.34. The zero-order chi connectivity index (χ0) is 16.5. The Kier molecular flexibility index (Phi) is 4.81. The third-order valence-electron chi connectivity index (χ3n) is 2.62. The van der Waals surface area contributed by atoms with Gasteiger partial charge in [-0.1, -0.05) is 6.07 Å². The van der Waals surface area contributed by atoms with Gasteiger partial charge in [-0.15, -0.1) is 0 Å². The van der Waals surface area contributed by atoms with E-state index in [2.05, 4.69) is 4.74 Å². The van der Waals surface area contributed by atoms with E-state index in [0.29, 0.717) is 0 Å². The van der Waals surface area contributed by atoms with Crippen LogP contribution in [0.5, 0.6) is 5.75 Å². The van der Waals surface area contributed by atoms with Crippen molar-refractivity contribution in [2.24, 2.45) is 0 Å². The number of hydrogen-bond donors (Lipinski definition) is 0. The lowest BCUT2D eigenvalue weighted by atomic mass is 10.2. The number of carbonyl (C=O) groups excluding carboxylic acids is 1. The van der Waals surface area contributed by atoms with Crippen LogP contribution >= 0.6 is 22.3 Å². The van der Waals surface area contributed by atoms with Gasteiger partial charge in [0.05, 0.1) is 18.6 Å². The minimum Gasteiger partial charge on any atom is -0.433 e. The molecule has 1 aliphatic rings. The average molecular weight is 377 g/mol. The fourth-order valence-corrected chi connectivity index (χ4v) is 3.13. The van der Waals surface area contributed by atoms with Gasteiger partial charge in [0.1, 0.15) is 10.6 Å². The molecule has 1 heterocycles. The third kappa shape index (κ3) is 3.78. The summed E-state index contributed by atoms with van der Waals surface area (Å²) in [5.41, 5.74) is -0.594. The summed E-state index contributed by atoms with van der Waals surface area (Å²) in [6.45, 7) is -3.05. The van der Waals surface area contributed by atoms with Crippen molar-refractivity contribution in [2.45, 2.75) is 23.2 Å². The average Bonchev–Trinajstić information content (AvgIpc) is 2.34. The molecule has 0 N–H and O–H groups in total. The van der Waals surface area contributed by atoms with Crippen LogP contribution < -0.4 is 4.74 Å². The largest absolute Gasteiger partial charge is 0.433 e. The zero-order valence-electron chi connectivity index (χ0n) is 10.6. The van der Waals surface area contributed by atoms with E-state index in [9.17, 15) is 22.0 Å². The van der Waals surface area contributed by atoms with Gasteiger partial charge in [0.15, 0.2) is 0 Å². The van der Waals surface area contributed by atoms with Gasteiger partial charge in [-0.2, -0.15) is 8.78 Å². The van der Waals surface area contributed by atoms with E-state index in [0.717, 1.165) is 18.2 Å². The molecule has 0 bridgehead atoms. The highest BCUT2D eigenvalue weighted by atomic mass is 35.7. The zero-order valence-corrected chi connectivity index (χ0v) is 12.9. The Morgan fingerprint density at radius 2 is 2.05 bits per heavy atom. The molecule has 0 radical (unpaired) electrons. The lowest BCUT2D eigenvalue weighted by Crippen LogP contribution is -2.42. The predicted molar refractivity (Wildman–Crippen MR) is 70.7 cm³/mol. The molecule has 11 heteroatoms. The fourth-order valence-electron chi connectivity index (χ4n) is 1.65. The van der Waals surface area contributed by atoms with E-state index in [4.69, 9.17) is 31.8 Å². The summed E-state index contributed by atoms with van der Waals surface area (Å²) >= 11 is 5.74. The number of hydrogen-bond acceptors (Lipinski definition) is 6. The van der Waals surface area contributed by atoms with Crippen molar-refractivity contribution < 1.29 is 36.2 Å². The number of carbonyl (C=O) groups is 1. The summed E-state index contributed by atoms with van der Waals surface area (Å²) < 4.78 is 61.5. The van der Waals surface area contributed by atoms with E-state index in [-0.39, 0.29) is 13.0 Å². The quantitative estimate of drug-likeness (QED) is 0.446. The molecule has 1 saturated heterocycles. The Morgan fingerprint density at radius 3 is 2.50 bits per heavy atom. The molecule has 0 saturated carbocycles. The summed E-state index contributed by atoms with van der Waals surface area (Å²) in [5.74, 6) is -1.98. The van der Waals surface area contributed by atoms with Gasteiger partial charge in [0, 0.05) is 10.7 Å². The van der Waals surface area contributed by atoms with E-state index < -0.39 is 43.1 Å². The minimum atomic E-state index is -4.57. The molecule has 0 aromatic heterocycles. The number of esters is 1. The lowest BCUT2D eigenvalue weighted by molar-refractivity contribution is -0.220. The van der Waals surface area contributed by atoms with Gasteiger partial charge < -0.3 is 14.2 Å². The molecular weight excluding hydrogens is 369 g/mol. The van der Waals surface area contributed by atoms with Crippen molar-refractivity contribution in [3.63, 3.8) is 0 Å². The number of ether oxygens (including phenoxy) is 3. The highest BCUT2D eigenvalue weighted by Crippen LogP contribution is 2.36. The van der Waals surface area contributed by atoms with Crippen LogP contribution in [0, 0.1) is 0 Å². The summed E-state index contributed by atoms with van der Waals surface area (Å²) in [7, 11) is 0.621. The Bertz CT molecular complexity index is 690. The van der Waals surface area contributed by atoms with Crippen molar-refractivity contribution in [1.82, 2.24) is 0 Å². The molecule has 22 heavy (non-hydrogen) atoms. The summed E-state index contributed by atoms with van der Waals surface area (Å²) in [4.78, 5) is 11.1. The molecule has 122 valence electrons. The van der Waals surface area contributed by atoms with Crippen molar-refractivity contribution in [3.8, 4) is 5.75 Å². The van der Waals surface area contributed by atoms with E-state index >= 15 is 0 Å². The molecule has 1 aromatic carbocycles. The van der Waals surface area contributed by atoms with Gasteiger partial charge in [-0.25, -0.2) is 13.2 Å². The number of alkyl halides is 3. The first-order valence-corrected chi connectivity index (χ1v) is 8.40. The second-order valence-corrected chi connectivity index (χ2v) is 7.18. The topological polar surface area (TPSA) is 78.9 Å². The minimum absolute atomic E-state index is 0.191. The van der Waals surface area contributed by atoms with Gasteiger partial charge >= 0.3 is 12.6 Å². The first kappa shape index (κ1) is 17.2. The van der Waals surface area contributed by atoms with Crippen molar-refractivity contribution >= 4 is 37.3 Å². The second kappa shape index (κ2) is 6.15. The molecule has 0 amide bonds. The van der Waals surface area contributed by atoms with Crippen molar-refractivity contribution in [2.75, 3.05) is 6.61 Å². The number of benzene rings is 1. The third-order valence-corrected chi connectivity index (χ3v) is 4.37. The molecule has 6 nitrogen and oxygen atoms in total. The first-order chi connectivity index (χ1) is 10.1. The summed E-state index contributed by atoms with van der Waals surface area (Å²) in [5, 5.41) is -1.70. The smallest absolute Gasteiger partial charge is 0.387 e. The van der Waals surface area contributed by atoms with Gasteiger partial charge in [0.25, 0.3) is 14.3 Å². The molecule has 0 spiro atoms. The Labute approximate surface area is 133 Å². The van der Waals surface area contributed by atoms with Crippen LogP contribution in [0.2, 0.25) is 0 Å². The maximum atomic E-state index is 12.3. The monoisotopic (exact) mass is 376 g/mol. The van der Waals surface area contributed by atoms with Crippen LogP contribution in [0.25, 0.3) is 0 Å². The fraction of sp³-hybridized carbons (Fsp3) is 0.364. The first-order valence-electron chi connectivity index (χ1n) is 5.71. The maximum Gasteiger partial charge on any atom is 0.387 e.